The van der Waals surface area contributed by atoms with Crippen LogP contribution < -0.4 is 15.2 Å². The monoisotopic (exact) mass is 343 g/mol. The van der Waals surface area contributed by atoms with Crippen molar-refractivity contribution in [3.8, 4) is 40.0 Å². The standard InChI is InChI=1S/C21H17N3O2/c1-12-3-4-13(2)15(7-12)18-9-16(17(10-22)21(23)24-18)14-5-6-19-20(8-14)26-11-25-19/h3-9H,11H2,1-2H3,(H2,23,24). The van der Waals surface area contributed by atoms with Crippen LogP contribution in [0, 0.1) is 25.2 Å². The lowest BCUT2D eigenvalue weighted by atomic mass is 9.96. The fraction of sp³-hybridized carbons (Fsp3) is 0.143. The minimum absolute atomic E-state index is 0.204. The number of pyridine rings is 1. The van der Waals surface area contributed by atoms with Crippen LogP contribution in [0.4, 0.5) is 5.82 Å². The molecule has 0 atom stereocenters. The smallest absolute Gasteiger partial charge is 0.231 e. The Bertz CT molecular complexity index is 1070. The van der Waals surface area contributed by atoms with Gasteiger partial charge in [-0.2, -0.15) is 5.26 Å². The van der Waals surface area contributed by atoms with Gasteiger partial charge in [-0.15, -0.1) is 0 Å². The van der Waals surface area contributed by atoms with Crippen LogP contribution in [0.15, 0.2) is 42.5 Å². The van der Waals surface area contributed by atoms with Gasteiger partial charge in [-0.05, 0) is 49.2 Å². The number of anilines is 1. The second-order valence-corrected chi connectivity index (χ2v) is 6.31. The van der Waals surface area contributed by atoms with E-state index in [-0.39, 0.29) is 12.6 Å². The topological polar surface area (TPSA) is 81.2 Å². The average molecular weight is 343 g/mol. The van der Waals surface area contributed by atoms with Crippen LogP contribution in [0.3, 0.4) is 0 Å². The molecule has 0 aliphatic carbocycles. The Morgan fingerprint density at radius 3 is 2.62 bits per heavy atom. The van der Waals surface area contributed by atoms with Gasteiger partial charge in [-0.25, -0.2) is 4.98 Å². The van der Waals surface area contributed by atoms with E-state index < -0.39 is 0 Å². The SMILES string of the molecule is Cc1ccc(C)c(-c2cc(-c3ccc4c(c3)OCO4)c(C#N)c(N)n2)c1. The first kappa shape index (κ1) is 16.0. The maximum atomic E-state index is 9.59. The molecule has 0 bridgehead atoms. The van der Waals surface area contributed by atoms with E-state index in [0.29, 0.717) is 17.1 Å². The molecule has 0 unspecified atom stereocenters. The van der Waals surface area contributed by atoms with Crippen molar-refractivity contribution in [3.63, 3.8) is 0 Å². The van der Waals surface area contributed by atoms with Crippen LogP contribution >= 0.6 is 0 Å². The van der Waals surface area contributed by atoms with Crippen LogP contribution in [0.2, 0.25) is 0 Å². The number of aryl methyl sites for hydroxylation is 2. The Morgan fingerprint density at radius 2 is 1.81 bits per heavy atom. The largest absolute Gasteiger partial charge is 0.454 e. The number of hydrogen-bond donors (Lipinski definition) is 1. The van der Waals surface area contributed by atoms with Crippen LogP contribution in [-0.4, -0.2) is 11.8 Å². The highest BCUT2D eigenvalue weighted by atomic mass is 16.7. The summed E-state index contributed by atoms with van der Waals surface area (Å²) in [6.07, 6.45) is 0. The van der Waals surface area contributed by atoms with Gasteiger partial charge in [0.1, 0.15) is 17.5 Å². The zero-order valence-electron chi connectivity index (χ0n) is 14.5. The first-order valence-corrected chi connectivity index (χ1v) is 8.25. The molecule has 2 heterocycles. The van der Waals surface area contributed by atoms with Crippen molar-refractivity contribution in [3.05, 3.63) is 59.2 Å². The van der Waals surface area contributed by atoms with Crippen molar-refractivity contribution in [2.45, 2.75) is 13.8 Å². The normalized spacial score (nSPS) is 12.0. The zero-order valence-corrected chi connectivity index (χ0v) is 14.5. The Hall–Kier alpha value is -3.52. The summed E-state index contributed by atoms with van der Waals surface area (Å²) in [6.45, 7) is 4.27. The highest BCUT2D eigenvalue weighted by molar-refractivity contribution is 5.82. The average Bonchev–Trinajstić information content (AvgIpc) is 3.10. The number of nitrogens with two attached hydrogens (primary N) is 1. The van der Waals surface area contributed by atoms with E-state index in [2.05, 4.69) is 29.3 Å². The summed E-state index contributed by atoms with van der Waals surface area (Å²) in [5, 5.41) is 9.59. The second kappa shape index (κ2) is 6.08. The fourth-order valence-electron chi connectivity index (χ4n) is 3.12. The van der Waals surface area contributed by atoms with Crippen molar-refractivity contribution in [1.29, 1.82) is 5.26 Å². The van der Waals surface area contributed by atoms with Crippen molar-refractivity contribution >= 4 is 5.82 Å². The minimum Gasteiger partial charge on any atom is -0.454 e. The van der Waals surface area contributed by atoms with E-state index in [1.165, 1.54) is 0 Å². The van der Waals surface area contributed by atoms with E-state index in [9.17, 15) is 5.26 Å². The quantitative estimate of drug-likeness (QED) is 0.753. The second-order valence-electron chi connectivity index (χ2n) is 6.31. The predicted octanol–water partition coefficient (Wildman–Crippen LogP) is 4.22. The molecule has 1 aliphatic rings. The molecule has 2 aromatic carbocycles. The van der Waals surface area contributed by atoms with Crippen LogP contribution in [-0.2, 0) is 0 Å². The first-order chi connectivity index (χ1) is 12.6. The van der Waals surface area contributed by atoms with Gasteiger partial charge in [-0.1, -0.05) is 23.8 Å². The summed E-state index contributed by atoms with van der Waals surface area (Å²) in [7, 11) is 0. The molecule has 5 nitrogen and oxygen atoms in total. The Balaban J connectivity index is 1.93. The van der Waals surface area contributed by atoms with Crippen LogP contribution in [0.5, 0.6) is 11.5 Å². The highest BCUT2D eigenvalue weighted by Crippen LogP contribution is 2.39. The number of nitrogens with zero attached hydrogens (tertiary/aromatic N) is 2. The molecule has 5 heteroatoms. The Kier molecular flexibility index (Phi) is 3.74. The number of hydrogen-bond acceptors (Lipinski definition) is 5. The summed E-state index contributed by atoms with van der Waals surface area (Å²) in [5.74, 6) is 1.58. The van der Waals surface area contributed by atoms with Gasteiger partial charge in [0.2, 0.25) is 6.79 Å². The molecule has 0 fully saturated rings. The molecule has 1 aromatic heterocycles. The molecule has 0 radical (unpaired) electrons. The third-order valence-corrected chi connectivity index (χ3v) is 4.51. The van der Waals surface area contributed by atoms with Gasteiger partial charge in [0.25, 0.3) is 0 Å². The predicted molar refractivity (Wildman–Crippen MR) is 99.8 cm³/mol. The summed E-state index contributed by atoms with van der Waals surface area (Å²) >= 11 is 0. The van der Waals surface area contributed by atoms with Gasteiger partial charge in [0, 0.05) is 11.1 Å². The molecule has 3 aromatic rings. The summed E-state index contributed by atoms with van der Waals surface area (Å²) < 4.78 is 10.8. The number of nitriles is 1. The number of aromatic nitrogens is 1. The van der Waals surface area contributed by atoms with Gasteiger partial charge < -0.3 is 15.2 Å². The van der Waals surface area contributed by atoms with E-state index >= 15 is 0 Å². The fourth-order valence-corrected chi connectivity index (χ4v) is 3.12. The highest BCUT2D eigenvalue weighted by Gasteiger charge is 2.18. The summed E-state index contributed by atoms with van der Waals surface area (Å²) in [4.78, 5) is 4.47. The van der Waals surface area contributed by atoms with Crippen molar-refractivity contribution in [2.75, 3.05) is 12.5 Å². The maximum Gasteiger partial charge on any atom is 0.231 e. The van der Waals surface area contributed by atoms with E-state index in [1.807, 2.05) is 38.1 Å². The molecule has 0 amide bonds. The van der Waals surface area contributed by atoms with Crippen molar-refractivity contribution < 1.29 is 9.47 Å². The van der Waals surface area contributed by atoms with Crippen LogP contribution in [0.25, 0.3) is 22.4 Å². The van der Waals surface area contributed by atoms with E-state index in [1.54, 1.807) is 0 Å². The minimum atomic E-state index is 0.204. The van der Waals surface area contributed by atoms with Gasteiger partial charge in [-0.3, -0.25) is 0 Å². The lowest BCUT2D eigenvalue weighted by Crippen LogP contribution is -2.00. The molecule has 0 spiro atoms. The lowest BCUT2D eigenvalue weighted by molar-refractivity contribution is 0.174. The zero-order chi connectivity index (χ0) is 18.3. The summed E-state index contributed by atoms with van der Waals surface area (Å²) in [6, 6.07) is 15.9. The third-order valence-electron chi connectivity index (χ3n) is 4.51. The lowest BCUT2D eigenvalue weighted by Gasteiger charge is -2.12. The van der Waals surface area contributed by atoms with Crippen LogP contribution in [0.1, 0.15) is 16.7 Å². The maximum absolute atomic E-state index is 9.59. The Morgan fingerprint density at radius 1 is 1.00 bits per heavy atom. The van der Waals surface area contributed by atoms with Gasteiger partial charge in [0.05, 0.1) is 5.69 Å². The number of ether oxygens (including phenoxy) is 2. The van der Waals surface area contributed by atoms with E-state index in [4.69, 9.17) is 15.2 Å². The number of nitrogen functional groups attached to an aromatic ring is 1. The molecule has 0 saturated heterocycles. The molecule has 4 rings (SSSR count). The third kappa shape index (κ3) is 2.62. The number of benzene rings is 2. The molecule has 26 heavy (non-hydrogen) atoms. The molecular formula is C21H17N3O2. The van der Waals surface area contributed by atoms with E-state index in [0.717, 1.165) is 33.5 Å². The molecule has 128 valence electrons. The van der Waals surface area contributed by atoms with Gasteiger partial charge >= 0.3 is 0 Å². The Labute approximate surface area is 151 Å². The number of rotatable bonds is 2. The van der Waals surface area contributed by atoms with Crippen molar-refractivity contribution in [1.82, 2.24) is 4.98 Å². The molecular weight excluding hydrogens is 326 g/mol. The summed E-state index contributed by atoms with van der Waals surface area (Å²) in [5.41, 5.74) is 12.0. The first-order valence-electron chi connectivity index (χ1n) is 8.25. The molecule has 2 N–H and O–H groups in total. The molecule has 0 saturated carbocycles. The van der Waals surface area contributed by atoms with Crippen molar-refractivity contribution in [2.24, 2.45) is 0 Å². The molecule has 1 aliphatic heterocycles. The number of fused-ring (bicyclic) bond motifs is 1. The van der Waals surface area contributed by atoms with Gasteiger partial charge in [0.15, 0.2) is 11.5 Å².